The molecule has 9 heteroatoms. The second-order valence-electron chi connectivity index (χ2n) is 4.09. The van der Waals surface area contributed by atoms with Gasteiger partial charge in [0.2, 0.25) is 0 Å². The van der Waals surface area contributed by atoms with Gasteiger partial charge in [0.15, 0.2) is 0 Å². The van der Waals surface area contributed by atoms with Crippen LogP contribution in [0.3, 0.4) is 0 Å². The molecule has 0 saturated carbocycles. The zero-order chi connectivity index (χ0) is 16.1. The van der Waals surface area contributed by atoms with Crippen LogP contribution < -0.4 is 8.67 Å². The minimum absolute atomic E-state index is 0.403. The average Bonchev–Trinajstić information content (AvgIpc) is 2.43. The maximum absolute atomic E-state index is 11.1. The molecule has 4 N–H and O–H groups in total. The van der Waals surface area contributed by atoms with Crippen LogP contribution in [0.25, 0.3) is 0 Å². The van der Waals surface area contributed by atoms with Crippen molar-refractivity contribution in [1.82, 2.24) is 8.67 Å². The Balaban J connectivity index is 4.06. The monoisotopic (exact) mass is 404 g/mol. The molecule has 0 aromatic rings. The van der Waals surface area contributed by atoms with Gasteiger partial charge in [0, 0.05) is 0 Å². The van der Waals surface area contributed by atoms with Gasteiger partial charge in [-0.15, -0.1) is 0 Å². The second-order valence-corrected chi connectivity index (χ2v) is 8.30. The van der Waals surface area contributed by atoms with Gasteiger partial charge in [-0.1, -0.05) is 0 Å². The number of nitrogens with one attached hydrogen (secondary N) is 2. The summed E-state index contributed by atoms with van der Waals surface area (Å²) >= 11 is 2.99. The summed E-state index contributed by atoms with van der Waals surface area (Å²) in [6.07, 6.45) is 1.08. The molecule has 0 amide bonds. The SMILES string of the molecule is CCSCC[C@H](N[Se]N[C@@H](CCSCC)C(=O)O)C(=O)O. The number of hydrogen-bond acceptors (Lipinski definition) is 6. The van der Waals surface area contributed by atoms with E-state index < -0.39 is 39.4 Å². The molecule has 0 saturated heterocycles. The van der Waals surface area contributed by atoms with Crippen molar-refractivity contribution in [2.45, 2.75) is 38.8 Å². The van der Waals surface area contributed by atoms with Crippen LogP contribution in [0.15, 0.2) is 0 Å². The number of aliphatic carboxylic acids is 2. The van der Waals surface area contributed by atoms with Gasteiger partial charge in [-0.2, -0.15) is 0 Å². The fourth-order valence-corrected chi connectivity index (χ4v) is 4.37. The summed E-state index contributed by atoms with van der Waals surface area (Å²) in [5, 5.41) is 18.2. The van der Waals surface area contributed by atoms with Crippen LogP contribution in [0, 0.1) is 0 Å². The van der Waals surface area contributed by atoms with Gasteiger partial charge in [-0.05, 0) is 0 Å². The van der Waals surface area contributed by atoms with E-state index in [9.17, 15) is 9.59 Å². The maximum atomic E-state index is 11.1. The van der Waals surface area contributed by atoms with Gasteiger partial charge in [-0.25, -0.2) is 0 Å². The van der Waals surface area contributed by atoms with Crippen LogP contribution in [0.5, 0.6) is 0 Å². The number of rotatable bonds is 14. The predicted octanol–water partition coefficient (Wildman–Crippen LogP) is 0.893. The molecule has 0 aromatic heterocycles. The average molecular weight is 403 g/mol. The molecule has 0 spiro atoms. The van der Waals surface area contributed by atoms with Gasteiger partial charge in [0.1, 0.15) is 0 Å². The quantitative estimate of drug-likeness (QED) is 0.251. The molecule has 0 heterocycles. The Morgan fingerprint density at radius 3 is 1.62 bits per heavy atom. The van der Waals surface area contributed by atoms with Crippen LogP contribution in [0.4, 0.5) is 0 Å². The van der Waals surface area contributed by atoms with Crippen LogP contribution >= 0.6 is 23.5 Å². The Morgan fingerprint density at radius 2 is 1.33 bits per heavy atom. The number of thioether (sulfide) groups is 2. The molecule has 6 nitrogen and oxygen atoms in total. The Bertz CT molecular complexity index is 283. The molecule has 124 valence electrons. The Hall–Kier alpha value is 0.0795. The van der Waals surface area contributed by atoms with Crippen molar-refractivity contribution in [3.05, 3.63) is 0 Å². The van der Waals surface area contributed by atoms with Crippen LogP contribution in [-0.4, -0.2) is 72.6 Å². The summed E-state index contributed by atoms with van der Waals surface area (Å²) in [5.41, 5.74) is 0. The van der Waals surface area contributed by atoms with E-state index in [1.807, 2.05) is 13.8 Å². The zero-order valence-corrected chi connectivity index (χ0v) is 15.7. The van der Waals surface area contributed by atoms with Gasteiger partial charge >= 0.3 is 141 Å². The third-order valence-corrected chi connectivity index (χ3v) is 6.06. The molecule has 0 aliphatic heterocycles. The summed E-state index contributed by atoms with van der Waals surface area (Å²) in [5.74, 6) is 1.73. The van der Waals surface area contributed by atoms with Crippen molar-refractivity contribution in [3.63, 3.8) is 0 Å². The van der Waals surface area contributed by atoms with Gasteiger partial charge in [-0.3, -0.25) is 0 Å². The summed E-state index contributed by atoms with van der Waals surface area (Å²) in [7, 11) is 0. The number of carbonyl (C=O) groups is 2. The molecule has 0 aromatic carbocycles. The second kappa shape index (κ2) is 13.7. The van der Waals surface area contributed by atoms with Crippen molar-refractivity contribution in [1.29, 1.82) is 0 Å². The minimum atomic E-state index is -0.885. The van der Waals surface area contributed by atoms with Crippen LogP contribution in [0.2, 0.25) is 0 Å². The zero-order valence-electron chi connectivity index (χ0n) is 12.3. The summed E-state index contributed by atoms with van der Waals surface area (Å²) < 4.78 is 5.84. The molecule has 0 unspecified atom stereocenters. The van der Waals surface area contributed by atoms with Crippen molar-refractivity contribution in [3.8, 4) is 0 Å². The molecule has 0 fully saturated rings. The van der Waals surface area contributed by atoms with E-state index in [-0.39, 0.29) is 0 Å². The molecule has 2 atom stereocenters. The van der Waals surface area contributed by atoms with Crippen LogP contribution in [-0.2, 0) is 9.59 Å². The van der Waals surface area contributed by atoms with Gasteiger partial charge in [0.05, 0.1) is 0 Å². The van der Waals surface area contributed by atoms with Crippen molar-refractivity contribution < 1.29 is 19.8 Å². The van der Waals surface area contributed by atoms with E-state index in [0.717, 1.165) is 23.0 Å². The van der Waals surface area contributed by atoms with Crippen molar-refractivity contribution in [2.75, 3.05) is 23.0 Å². The molecule has 21 heavy (non-hydrogen) atoms. The first-order valence-electron chi connectivity index (χ1n) is 6.80. The molecule has 0 rings (SSSR count). The first-order chi connectivity index (χ1) is 10.0. The topological polar surface area (TPSA) is 98.7 Å². The third-order valence-electron chi connectivity index (χ3n) is 2.51. The summed E-state index contributed by atoms with van der Waals surface area (Å²) in [6, 6.07) is -1.23. The first kappa shape index (κ1) is 21.1. The fraction of sp³-hybridized carbons (Fsp3) is 0.833. The van der Waals surface area contributed by atoms with E-state index in [4.69, 9.17) is 10.2 Å². The van der Waals surface area contributed by atoms with Crippen molar-refractivity contribution >= 4 is 50.9 Å². The number of carboxylic acids is 2. The van der Waals surface area contributed by atoms with Crippen LogP contribution in [0.1, 0.15) is 26.7 Å². The van der Waals surface area contributed by atoms with Crippen molar-refractivity contribution in [2.24, 2.45) is 0 Å². The molecule has 0 aliphatic carbocycles. The van der Waals surface area contributed by atoms with E-state index in [1.165, 1.54) is 0 Å². The molecular formula is C12H24N2O4S2Se. The van der Waals surface area contributed by atoms with E-state index in [0.29, 0.717) is 12.8 Å². The Kier molecular flexibility index (Phi) is 13.8. The molecule has 0 aliphatic rings. The first-order valence-corrected chi connectivity index (χ1v) is 10.8. The van der Waals surface area contributed by atoms with E-state index >= 15 is 0 Å². The van der Waals surface area contributed by atoms with E-state index in [1.54, 1.807) is 23.5 Å². The normalized spacial score (nSPS) is 13.8. The number of hydrogen-bond donors (Lipinski definition) is 4. The Labute approximate surface area is 141 Å². The van der Waals surface area contributed by atoms with Gasteiger partial charge < -0.3 is 0 Å². The Morgan fingerprint density at radius 1 is 0.952 bits per heavy atom. The fourth-order valence-electron chi connectivity index (χ4n) is 1.33. The van der Waals surface area contributed by atoms with Gasteiger partial charge in [0.25, 0.3) is 0 Å². The molecule has 0 radical (unpaired) electrons. The standard InChI is InChI=1S/C12H24N2O4S2Se/c1-3-19-7-5-9(11(15)16)13-21-14-10(12(17)18)6-8-20-4-2/h9-10,13-14H,3-8H2,1-2H3,(H,15,16)(H,17,18)/t9-,10-/m0/s1. The summed E-state index contributed by atoms with van der Waals surface area (Å²) in [6.45, 7) is 4.07. The van der Waals surface area contributed by atoms with E-state index in [2.05, 4.69) is 8.67 Å². The predicted molar refractivity (Wildman–Crippen MR) is 90.1 cm³/mol. The molecular weight excluding hydrogens is 379 g/mol. The summed E-state index contributed by atoms with van der Waals surface area (Å²) in [4.78, 5) is 22.2. The third kappa shape index (κ3) is 11.3. The number of carboxylic acid groups (broad SMARTS) is 2. The molecule has 0 bridgehead atoms.